The molecule has 1 aromatic heterocycles. The maximum absolute atomic E-state index is 12.8. The largest absolute Gasteiger partial charge is 0.480 e. The lowest BCUT2D eigenvalue weighted by atomic mass is 10.1. The molecule has 1 N–H and O–H groups in total. The zero-order valence-corrected chi connectivity index (χ0v) is 15.0. The number of halogens is 1. The Labute approximate surface area is 151 Å². The topological polar surface area (TPSA) is 75.4 Å². The summed E-state index contributed by atoms with van der Waals surface area (Å²) in [4.78, 5) is 25.1. The maximum atomic E-state index is 12.8. The number of carboxylic acid groups (broad SMARTS) is 1. The molecule has 0 unspecified atom stereocenters. The Morgan fingerprint density at radius 2 is 2.12 bits per heavy atom. The van der Waals surface area contributed by atoms with Crippen LogP contribution in [0, 0.1) is 6.92 Å². The Hall–Kier alpha value is -2.34. The van der Waals surface area contributed by atoms with Gasteiger partial charge in [-0.3, -0.25) is 9.59 Å². The van der Waals surface area contributed by atoms with Crippen LogP contribution in [0.15, 0.2) is 24.4 Å². The van der Waals surface area contributed by atoms with Crippen molar-refractivity contribution >= 4 is 23.5 Å². The van der Waals surface area contributed by atoms with Crippen LogP contribution in [-0.4, -0.2) is 44.8 Å². The number of rotatable bonds is 6. The lowest BCUT2D eigenvalue weighted by Gasteiger charge is -2.19. The molecule has 0 aliphatic heterocycles. The van der Waals surface area contributed by atoms with Gasteiger partial charge in [-0.25, -0.2) is 4.68 Å². The quantitative estimate of drug-likeness (QED) is 0.856. The SMILES string of the molecule is CCN(CC(=O)O)C(=O)c1cnn(-c2ccc(C)c(Cl)c2)c1C1CC1. The summed E-state index contributed by atoms with van der Waals surface area (Å²) in [7, 11) is 0. The molecule has 1 aliphatic rings. The van der Waals surface area contributed by atoms with Crippen molar-refractivity contribution in [3.63, 3.8) is 0 Å². The van der Waals surface area contributed by atoms with E-state index in [1.807, 2.05) is 25.1 Å². The minimum absolute atomic E-state index is 0.269. The zero-order chi connectivity index (χ0) is 18.1. The molecule has 1 aliphatic carbocycles. The summed E-state index contributed by atoms with van der Waals surface area (Å²) in [6.07, 6.45) is 3.53. The highest BCUT2D eigenvalue weighted by atomic mass is 35.5. The maximum Gasteiger partial charge on any atom is 0.323 e. The molecule has 0 radical (unpaired) electrons. The highest BCUT2D eigenvalue weighted by Crippen LogP contribution is 2.43. The van der Waals surface area contributed by atoms with Crippen molar-refractivity contribution in [2.75, 3.05) is 13.1 Å². The summed E-state index contributed by atoms with van der Waals surface area (Å²) >= 11 is 6.23. The molecule has 2 aromatic rings. The van der Waals surface area contributed by atoms with Crippen molar-refractivity contribution in [2.24, 2.45) is 0 Å². The normalized spacial score (nSPS) is 13.7. The molecule has 132 valence electrons. The van der Waals surface area contributed by atoms with Crippen molar-refractivity contribution in [1.29, 1.82) is 0 Å². The first-order valence-electron chi connectivity index (χ1n) is 8.27. The van der Waals surface area contributed by atoms with Crippen molar-refractivity contribution in [3.8, 4) is 5.69 Å². The van der Waals surface area contributed by atoms with Crippen LogP contribution in [0.3, 0.4) is 0 Å². The Morgan fingerprint density at radius 1 is 1.40 bits per heavy atom. The van der Waals surface area contributed by atoms with Crippen LogP contribution in [0.1, 0.15) is 47.3 Å². The summed E-state index contributed by atoms with van der Waals surface area (Å²) in [5, 5.41) is 14.1. The third kappa shape index (κ3) is 3.54. The van der Waals surface area contributed by atoms with Gasteiger partial charge in [-0.05, 0) is 44.4 Å². The molecule has 1 saturated carbocycles. The summed E-state index contributed by atoms with van der Waals surface area (Å²) in [5.74, 6) is -1.05. The van der Waals surface area contributed by atoms with Crippen LogP contribution in [0.25, 0.3) is 5.69 Å². The second-order valence-corrected chi connectivity index (χ2v) is 6.68. The average molecular weight is 362 g/mol. The minimum atomic E-state index is -1.03. The third-order valence-corrected chi connectivity index (χ3v) is 4.80. The highest BCUT2D eigenvalue weighted by Gasteiger charge is 2.34. The van der Waals surface area contributed by atoms with E-state index in [4.69, 9.17) is 16.7 Å². The number of carbonyl (C=O) groups excluding carboxylic acids is 1. The fraction of sp³-hybridized carbons (Fsp3) is 0.389. The van der Waals surface area contributed by atoms with Crippen LogP contribution in [-0.2, 0) is 4.79 Å². The third-order valence-electron chi connectivity index (χ3n) is 4.40. The molecule has 1 fully saturated rings. The highest BCUT2D eigenvalue weighted by molar-refractivity contribution is 6.31. The van der Waals surface area contributed by atoms with Gasteiger partial charge in [0.15, 0.2) is 0 Å². The van der Waals surface area contributed by atoms with Gasteiger partial charge < -0.3 is 10.0 Å². The molecule has 7 heteroatoms. The molecule has 6 nitrogen and oxygen atoms in total. The molecule has 1 amide bonds. The first-order chi connectivity index (χ1) is 11.9. The summed E-state index contributed by atoms with van der Waals surface area (Å²) in [6, 6.07) is 5.67. The number of aromatic nitrogens is 2. The van der Waals surface area contributed by atoms with E-state index in [0.717, 1.165) is 29.8 Å². The van der Waals surface area contributed by atoms with Gasteiger partial charge in [-0.15, -0.1) is 0 Å². The monoisotopic (exact) mass is 361 g/mol. The average Bonchev–Trinajstić information content (AvgIpc) is 3.32. The van der Waals surface area contributed by atoms with E-state index < -0.39 is 5.97 Å². The smallest absolute Gasteiger partial charge is 0.323 e. The molecule has 1 aromatic carbocycles. The van der Waals surface area contributed by atoms with E-state index in [9.17, 15) is 9.59 Å². The van der Waals surface area contributed by atoms with E-state index in [1.54, 1.807) is 11.6 Å². The minimum Gasteiger partial charge on any atom is -0.480 e. The lowest BCUT2D eigenvalue weighted by molar-refractivity contribution is -0.137. The van der Waals surface area contributed by atoms with E-state index in [0.29, 0.717) is 17.1 Å². The number of amides is 1. The number of benzene rings is 1. The number of nitrogens with zero attached hydrogens (tertiary/aromatic N) is 3. The van der Waals surface area contributed by atoms with Crippen molar-refractivity contribution in [2.45, 2.75) is 32.6 Å². The fourth-order valence-electron chi connectivity index (χ4n) is 2.85. The zero-order valence-electron chi connectivity index (χ0n) is 14.2. The number of aryl methyl sites for hydroxylation is 1. The lowest BCUT2D eigenvalue weighted by Crippen LogP contribution is -2.35. The van der Waals surface area contributed by atoms with Crippen LogP contribution >= 0.6 is 11.6 Å². The van der Waals surface area contributed by atoms with Crippen molar-refractivity contribution in [1.82, 2.24) is 14.7 Å². The second kappa shape index (κ2) is 6.88. The molecule has 0 saturated heterocycles. The van der Waals surface area contributed by atoms with E-state index in [1.165, 1.54) is 11.1 Å². The van der Waals surface area contributed by atoms with Gasteiger partial charge in [0.25, 0.3) is 5.91 Å². The molecule has 0 bridgehead atoms. The van der Waals surface area contributed by atoms with Gasteiger partial charge in [0.2, 0.25) is 0 Å². The molecular weight excluding hydrogens is 342 g/mol. The summed E-state index contributed by atoms with van der Waals surface area (Å²) < 4.78 is 1.75. The number of hydrogen-bond donors (Lipinski definition) is 1. The predicted molar refractivity (Wildman–Crippen MR) is 94.5 cm³/mol. The Balaban J connectivity index is 2.01. The molecule has 1 heterocycles. The number of carbonyl (C=O) groups is 2. The predicted octanol–water partition coefficient (Wildman–Crippen LogP) is 3.26. The van der Waals surface area contributed by atoms with E-state index in [-0.39, 0.29) is 18.4 Å². The molecule has 25 heavy (non-hydrogen) atoms. The van der Waals surface area contributed by atoms with Gasteiger partial charge in [-0.2, -0.15) is 5.10 Å². The first-order valence-corrected chi connectivity index (χ1v) is 8.65. The first kappa shape index (κ1) is 17.5. The van der Waals surface area contributed by atoms with Crippen molar-refractivity contribution < 1.29 is 14.7 Å². The van der Waals surface area contributed by atoms with Gasteiger partial charge in [0, 0.05) is 17.5 Å². The van der Waals surface area contributed by atoms with Crippen LogP contribution in [0.5, 0.6) is 0 Å². The molecule has 0 spiro atoms. The number of likely N-dealkylation sites (N-methyl/N-ethyl adjacent to an activating group) is 1. The van der Waals surface area contributed by atoms with Crippen LogP contribution < -0.4 is 0 Å². The standard InChI is InChI=1S/C18H20ClN3O3/c1-3-21(10-16(23)24)18(25)14-9-20-22(17(14)12-5-6-12)13-7-4-11(2)15(19)8-13/h4,7-9,12H,3,5-6,10H2,1-2H3,(H,23,24). The fourth-order valence-corrected chi connectivity index (χ4v) is 3.03. The van der Waals surface area contributed by atoms with Gasteiger partial charge in [0.1, 0.15) is 6.54 Å². The number of carboxylic acids is 1. The molecule has 0 atom stereocenters. The second-order valence-electron chi connectivity index (χ2n) is 6.28. The van der Waals surface area contributed by atoms with Gasteiger partial charge in [-0.1, -0.05) is 17.7 Å². The molecular formula is C18H20ClN3O3. The Kier molecular flexibility index (Phi) is 4.81. The Bertz CT molecular complexity index is 827. The van der Waals surface area contributed by atoms with Gasteiger partial charge in [0.05, 0.1) is 23.1 Å². The number of hydrogen-bond acceptors (Lipinski definition) is 3. The van der Waals surface area contributed by atoms with Crippen LogP contribution in [0.4, 0.5) is 0 Å². The number of aliphatic carboxylic acids is 1. The van der Waals surface area contributed by atoms with E-state index in [2.05, 4.69) is 5.10 Å². The Morgan fingerprint density at radius 3 is 2.68 bits per heavy atom. The van der Waals surface area contributed by atoms with Gasteiger partial charge >= 0.3 is 5.97 Å². The summed E-state index contributed by atoms with van der Waals surface area (Å²) in [6.45, 7) is 3.70. The molecule has 3 rings (SSSR count). The summed E-state index contributed by atoms with van der Waals surface area (Å²) in [5.41, 5.74) is 3.09. The van der Waals surface area contributed by atoms with Crippen LogP contribution in [0.2, 0.25) is 5.02 Å². The van der Waals surface area contributed by atoms with Crippen molar-refractivity contribution in [3.05, 3.63) is 46.2 Å². The van der Waals surface area contributed by atoms with E-state index >= 15 is 0 Å².